The van der Waals surface area contributed by atoms with Gasteiger partial charge in [-0.1, -0.05) is 36.8 Å². The number of nitrogens with zero attached hydrogens (tertiary/aromatic N) is 2. The molecule has 2 amide bonds. The van der Waals surface area contributed by atoms with Crippen molar-refractivity contribution in [3.05, 3.63) is 53.6 Å². The zero-order valence-corrected chi connectivity index (χ0v) is 22.8. The number of benzene rings is 2. The Bertz CT molecular complexity index is 1200. The maximum Gasteiger partial charge on any atom is 0.242 e. The third-order valence-corrected chi connectivity index (χ3v) is 7.33. The molecule has 0 saturated carbocycles. The summed E-state index contributed by atoms with van der Waals surface area (Å²) in [5, 5.41) is 2.83. The Morgan fingerprint density at radius 3 is 2.43 bits per heavy atom. The quantitative estimate of drug-likeness (QED) is 0.451. The Balaban J connectivity index is 1.76. The lowest BCUT2D eigenvalue weighted by molar-refractivity contribution is -0.141. The Labute approximate surface area is 219 Å². The van der Waals surface area contributed by atoms with Gasteiger partial charge in [0.05, 0.1) is 11.9 Å². The first-order chi connectivity index (χ1) is 17.6. The molecule has 1 aliphatic heterocycles. The molecule has 0 radical (unpaired) electrons. The van der Waals surface area contributed by atoms with Crippen molar-refractivity contribution < 1.29 is 27.5 Å². The lowest BCUT2D eigenvalue weighted by Gasteiger charge is -2.31. The van der Waals surface area contributed by atoms with Crippen LogP contribution in [0.5, 0.6) is 11.5 Å². The molecular weight excluding hydrogens is 494 g/mol. The van der Waals surface area contributed by atoms with Crippen molar-refractivity contribution in [2.75, 3.05) is 36.9 Å². The molecule has 0 unspecified atom stereocenters. The fourth-order valence-corrected chi connectivity index (χ4v) is 5.37. The minimum Gasteiger partial charge on any atom is -0.486 e. The summed E-state index contributed by atoms with van der Waals surface area (Å²) in [4.78, 5) is 27.8. The number of ether oxygens (including phenoxy) is 2. The predicted molar refractivity (Wildman–Crippen MR) is 143 cm³/mol. The minimum absolute atomic E-state index is 0.0955. The second-order valence-electron chi connectivity index (χ2n) is 9.10. The number of hydrogen-bond acceptors (Lipinski definition) is 6. The monoisotopic (exact) mass is 531 g/mol. The molecule has 1 aliphatic rings. The SMILES string of the molecule is CCNC(=O)[C@H](CC)N(Cc1cccc(C)c1)C(=O)CCCN(c1ccc2c(c1)OCCO2)S(C)(=O)=O. The highest BCUT2D eigenvalue weighted by atomic mass is 32.2. The molecule has 0 spiro atoms. The van der Waals surface area contributed by atoms with Gasteiger partial charge >= 0.3 is 0 Å². The van der Waals surface area contributed by atoms with E-state index in [1.165, 1.54) is 4.31 Å². The summed E-state index contributed by atoms with van der Waals surface area (Å²) in [6.45, 7) is 7.42. The van der Waals surface area contributed by atoms with Crippen molar-refractivity contribution in [1.82, 2.24) is 10.2 Å². The van der Waals surface area contributed by atoms with E-state index in [0.717, 1.165) is 17.4 Å². The summed E-state index contributed by atoms with van der Waals surface area (Å²) >= 11 is 0. The third-order valence-electron chi connectivity index (χ3n) is 6.14. The summed E-state index contributed by atoms with van der Waals surface area (Å²) < 4.78 is 37.6. The maximum atomic E-state index is 13.4. The van der Waals surface area contributed by atoms with E-state index in [2.05, 4.69) is 5.32 Å². The van der Waals surface area contributed by atoms with Gasteiger partial charge in [0.25, 0.3) is 0 Å². The average molecular weight is 532 g/mol. The standard InChI is InChI=1S/C27H37N3O6S/c1-5-23(27(32)28-6-2)29(19-21-10-7-9-20(3)17-21)26(31)11-8-14-30(37(4,33)34)22-12-13-24-25(18-22)36-16-15-35-24/h7,9-10,12-13,17-18,23H,5-6,8,11,14-16,19H2,1-4H3,(H,28,32)/t23-/m0/s1. The number of anilines is 1. The molecule has 0 saturated heterocycles. The molecule has 0 bridgehead atoms. The molecule has 9 nitrogen and oxygen atoms in total. The van der Waals surface area contributed by atoms with Gasteiger partial charge in [0.1, 0.15) is 19.3 Å². The van der Waals surface area contributed by atoms with Crippen LogP contribution in [0.4, 0.5) is 5.69 Å². The molecule has 1 atom stereocenters. The van der Waals surface area contributed by atoms with E-state index in [1.54, 1.807) is 23.1 Å². The number of hydrogen-bond donors (Lipinski definition) is 1. The fraction of sp³-hybridized carbons (Fsp3) is 0.481. The van der Waals surface area contributed by atoms with E-state index in [1.807, 2.05) is 45.0 Å². The predicted octanol–water partition coefficient (Wildman–Crippen LogP) is 3.26. The van der Waals surface area contributed by atoms with Gasteiger partial charge < -0.3 is 19.7 Å². The highest BCUT2D eigenvalue weighted by Crippen LogP contribution is 2.34. The second kappa shape index (κ2) is 12.8. The van der Waals surface area contributed by atoms with Crippen molar-refractivity contribution in [2.24, 2.45) is 0 Å². The summed E-state index contributed by atoms with van der Waals surface area (Å²) in [6.07, 6.45) is 1.99. The largest absolute Gasteiger partial charge is 0.486 e. The van der Waals surface area contributed by atoms with Gasteiger partial charge in [0.2, 0.25) is 21.8 Å². The number of sulfonamides is 1. The first-order valence-electron chi connectivity index (χ1n) is 12.6. The molecule has 0 aliphatic carbocycles. The van der Waals surface area contributed by atoms with Gasteiger partial charge in [-0.15, -0.1) is 0 Å². The minimum atomic E-state index is -3.61. The van der Waals surface area contributed by atoms with Crippen molar-refractivity contribution in [2.45, 2.75) is 52.6 Å². The summed E-state index contributed by atoms with van der Waals surface area (Å²) in [5.74, 6) is 0.669. The third kappa shape index (κ3) is 7.61. The van der Waals surface area contributed by atoms with Crippen LogP contribution in [0.3, 0.4) is 0 Å². The van der Waals surface area contributed by atoms with E-state index in [0.29, 0.717) is 49.9 Å². The molecule has 2 aromatic rings. The first kappa shape index (κ1) is 28.3. The maximum absolute atomic E-state index is 13.4. The molecule has 1 N–H and O–H groups in total. The molecule has 202 valence electrons. The van der Waals surface area contributed by atoms with Crippen LogP contribution in [0, 0.1) is 6.92 Å². The number of amides is 2. The average Bonchev–Trinajstić information content (AvgIpc) is 2.85. The highest BCUT2D eigenvalue weighted by molar-refractivity contribution is 7.92. The zero-order valence-electron chi connectivity index (χ0n) is 22.0. The molecule has 0 aromatic heterocycles. The smallest absolute Gasteiger partial charge is 0.242 e. The Hall–Kier alpha value is -3.27. The van der Waals surface area contributed by atoms with Crippen molar-refractivity contribution in [3.63, 3.8) is 0 Å². The molecule has 0 fully saturated rings. The number of carbonyl (C=O) groups is 2. The number of fused-ring (bicyclic) bond motifs is 1. The molecule has 3 rings (SSSR count). The van der Waals surface area contributed by atoms with E-state index in [4.69, 9.17) is 9.47 Å². The van der Waals surface area contributed by atoms with Crippen LogP contribution in [0.15, 0.2) is 42.5 Å². The summed E-state index contributed by atoms with van der Waals surface area (Å²) in [6, 6.07) is 12.2. The molecule has 1 heterocycles. The van der Waals surface area contributed by atoms with Crippen LogP contribution in [0.1, 0.15) is 44.2 Å². The summed E-state index contributed by atoms with van der Waals surface area (Å²) in [5.41, 5.74) is 2.45. The van der Waals surface area contributed by atoms with Gasteiger partial charge in [-0.05, 0) is 44.4 Å². The summed E-state index contributed by atoms with van der Waals surface area (Å²) in [7, 11) is -3.61. The lowest BCUT2D eigenvalue weighted by Crippen LogP contribution is -2.49. The topological polar surface area (TPSA) is 105 Å². The van der Waals surface area contributed by atoms with Gasteiger partial charge in [0, 0.05) is 32.1 Å². The molecule has 37 heavy (non-hydrogen) atoms. The van der Waals surface area contributed by atoms with E-state index in [9.17, 15) is 18.0 Å². The number of aryl methyl sites for hydroxylation is 1. The van der Waals surface area contributed by atoms with Gasteiger partial charge in [-0.3, -0.25) is 13.9 Å². The van der Waals surface area contributed by atoms with E-state index in [-0.39, 0.29) is 31.2 Å². The van der Waals surface area contributed by atoms with Crippen LogP contribution in [0.2, 0.25) is 0 Å². The van der Waals surface area contributed by atoms with E-state index >= 15 is 0 Å². The Kier molecular flexibility index (Phi) is 9.79. The van der Waals surface area contributed by atoms with Gasteiger partial charge in [-0.2, -0.15) is 0 Å². The fourth-order valence-electron chi connectivity index (χ4n) is 4.41. The van der Waals surface area contributed by atoms with Crippen LogP contribution in [0.25, 0.3) is 0 Å². The second-order valence-corrected chi connectivity index (χ2v) is 11.0. The van der Waals surface area contributed by atoms with Gasteiger partial charge in [-0.25, -0.2) is 8.42 Å². The van der Waals surface area contributed by atoms with Crippen LogP contribution in [-0.2, 0) is 26.2 Å². The van der Waals surface area contributed by atoms with Gasteiger partial charge in [0.15, 0.2) is 11.5 Å². The Morgan fingerprint density at radius 2 is 1.78 bits per heavy atom. The van der Waals surface area contributed by atoms with Crippen LogP contribution < -0.4 is 19.1 Å². The molecule has 10 heteroatoms. The van der Waals surface area contributed by atoms with Crippen molar-refractivity contribution >= 4 is 27.5 Å². The number of nitrogens with one attached hydrogen (secondary N) is 1. The van der Waals surface area contributed by atoms with Crippen molar-refractivity contribution in [1.29, 1.82) is 0 Å². The normalized spacial score (nSPS) is 13.5. The first-order valence-corrected chi connectivity index (χ1v) is 14.5. The van der Waals surface area contributed by atoms with Crippen molar-refractivity contribution in [3.8, 4) is 11.5 Å². The Morgan fingerprint density at radius 1 is 1.05 bits per heavy atom. The number of likely N-dealkylation sites (N-methyl/N-ethyl adjacent to an activating group) is 1. The lowest BCUT2D eigenvalue weighted by atomic mass is 10.1. The molecular formula is C27H37N3O6S. The number of rotatable bonds is 12. The zero-order chi connectivity index (χ0) is 27.0. The van der Waals surface area contributed by atoms with Crippen LogP contribution in [-0.4, -0.2) is 63.7 Å². The van der Waals surface area contributed by atoms with Crippen LogP contribution >= 0.6 is 0 Å². The van der Waals surface area contributed by atoms with E-state index < -0.39 is 16.1 Å². The number of carbonyl (C=O) groups excluding carboxylic acids is 2. The molecule has 2 aromatic carbocycles. The highest BCUT2D eigenvalue weighted by Gasteiger charge is 2.29.